The summed E-state index contributed by atoms with van der Waals surface area (Å²) in [5.41, 5.74) is 1.42. The SMILES string of the molecule is Cc1ccc(NC(=O)C=Cc2ccc(Cl)c(Cl)c2)c([N+](=O)[O-])c1. The van der Waals surface area contributed by atoms with Gasteiger partial charge in [-0.3, -0.25) is 14.9 Å². The Hall–Kier alpha value is -2.37. The van der Waals surface area contributed by atoms with Crippen LogP contribution in [0.15, 0.2) is 42.5 Å². The van der Waals surface area contributed by atoms with Crippen LogP contribution in [-0.2, 0) is 4.79 Å². The lowest BCUT2D eigenvalue weighted by Crippen LogP contribution is -2.09. The highest BCUT2D eigenvalue weighted by molar-refractivity contribution is 6.42. The number of nitrogens with zero attached hydrogens (tertiary/aromatic N) is 1. The van der Waals surface area contributed by atoms with E-state index in [0.29, 0.717) is 15.6 Å². The maximum absolute atomic E-state index is 11.9. The molecule has 0 atom stereocenters. The molecule has 0 bridgehead atoms. The third-order valence-corrected chi connectivity index (χ3v) is 3.72. The number of halogens is 2. The van der Waals surface area contributed by atoms with Crippen molar-refractivity contribution in [3.8, 4) is 0 Å². The van der Waals surface area contributed by atoms with Gasteiger partial charge in [0.2, 0.25) is 5.91 Å². The van der Waals surface area contributed by atoms with Crippen molar-refractivity contribution in [1.82, 2.24) is 0 Å². The Morgan fingerprint density at radius 2 is 1.91 bits per heavy atom. The van der Waals surface area contributed by atoms with Crippen molar-refractivity contribution in [2.24, 2.45) is 0 Å². The van der Waals surface area contributed by atoms with Gasteiger partial charge in [-0.2, -0.15) is 0 Å². The fourth-order valence-electron chi connectivity index (χ4n) is 1.86. The molecular weight excluding hydrogens is 339 g/mol. The van der Waals surface area contributed by atoms with Crippen LogP contribution in [0.4, 0.5) is 11.4 Å². The number of hydrogen-bond acceptors (Lipinski definition) is 3. The maximum Gasteiger partial charge on any atom is 0.293 e. The first-order valence-electron chi connectivity index (χ1n) is 6.56. The van der Waals surface area contributed by atoms with Crippen LogP contribution < -0.4 is 5.32 Å². The van der Waals surface area contributed by atoms with Crippen molar-refractivity contribution >= 4 is 46.6 Å². The summed E-state index contributed by atoms with van der Waals surface area (Å²) < 4.78 is 0. The molecule has 0 heterocycles. The zero-order valence-corrected chi connectivity index (χ0v) is 13.6. The van der Waals surface area contributed by atoms with E-state index in [9.17, 15) is 14.9 Å². The van der Waals surface area contributed by atoms with E-state index in [4.69, 9.17) is 23.2 Å². The van der Waals surface area contributed by atoms with Crippen LogP contribution in [0.25, 0.3) is 6.08 Å². The number of hydrogen-bond donors (Lipinski definition) is 1. The van der Waals surface area contributed by atoms with Gasteiger partial charge >= 0.3 is 0 Å². The molecule has 0 saturated carbocycles. The van der Waals surface area contributed by atoms with E-state index in [-0.39, 0.29) is 11.4 Å². The maximum atomic E-state index is 11.9. The highest BCUT2D eigenvalue weighted by Crippen LogP contribution is 2.26. The van der Waals surface area contributed by atoms with Gasteiger partial charge in [-0.05, 0) is 42.3 Å². The summed E-state index contributed by atoms with van der Waals surface area (Å²) in [6.07, 6.45) is 2.81. The second-order valence-corrected chi connectivity index (χ2v) is 5.59. The second kappa shape index (κ2) is 7.26. The Morgan fingerprint density at radius 1 is 1.17 bits per heavy atom. The van der Waals surface area contributed by atoms with Crippen LogP contribution in [0.3, 0.4) is 0 Å². The van der Waals surface area contributed by atoms with Crippen molar-refractivity contribution in [3.05, 3.63) is 73.8 Å². The van der Waals surface area contributed by atoms with Gasteiger partial charge in [-0.25, -0.2) is 0 Å². The molecule has 0 aromatic heterocycles. The normalized spacial score (nSPS) is 10.7. The number of nitrogens with one attached hydrogen (secondary N) is 1. The van der Waals surface area contributed by atoms with Gasteiger partial charge in [0.25, 0.3) is 5.69 Å². The minimum atomic E-state index is -0.536. The third kappa shape index (κ3) is 4.55. The van der Waals surface area contributed by atoms with Gasteiger partial charge in [0, 0.05) is 12.1 Å². The van der Waals surface area contributed by atoms with Crippen LogP contribution >= 0.6 is 23.2 Å². The number of aryl methyl sites for hydroxylation is 1. The van der Waals surface area contributed by atoms with Crippen molar-refractivity contribution in [2.45, 2.75) is 6.92 Å². The smallest absolute Gasteiger partial charge is 0.293 e. The molecule has 118 valence electrons. The molecule has 2 aromatic carbocycles. The molecule has 0 aliphatic rings. The van der Waals surface area contributed by atoms with Crippen LogP contribution in [0.5, 0.6) is 0 Å². The van der Waals surface area contributed by atoms with Crippen molar-refractivity contribution in [1.29, 1.82) is 0 Å². The van der Waals surface area contributed by atoms with Crippen LogP contribution in [0.1, 0.15) is 11.1 Å². The topological polar surface area (TPSA) is 72.2 Å². The monoisotopic (exact) mass is 350 g/mol. The molecule has 1 N–H and O–H groups in total. The summed E-state index contributed by atoms with van der Waals surface area (Å²) in [7, 11) is 0. The van der Waals surface area contributed by atoms with Crippen molar-refractivity contribution in [2.75, 3.05) is 5.32 Å². The highest BCUT2D eigenvalue weighted by atomic mass is 35.5. The number of nitro groups is 1. The molecule has 0 radical (unpaired) electrons. The van der Waals surface area contributed by atoms with E-state index in [0.717, 1.165) is 5.56 Å². The zero-order valence-electron chi connectivity index (χ0n) is 12.0. The molecule has 1 amide bonds. The summed E-state index contributed by atoms with van der Waals surface area (Å²) >= 11 is 11.7. The Kier molecular flexibility index (Phi) is 5.36. The van der Waals surface area contributed by atoms with Crippen LogP contribution in [-0.4, -0.2) is 10.8 Å². The largest absolute Gasteiger partial charge is 0.317 e. The lowest BCUT2D eigenvalue weighted by Gasteiger charge is -2.04. The zero-order chi connectivity index (χ0) is 17.0. The minimum absolute atomic E-state index is 0.143. The molecule has 0 aliphatic heterocycles. The van der Waals surface area contributed by atoms with Crippen LogP contribution in [0, 0.1) is 17.0 Å². The molecule has 2 rings (SSSR count). The number of anilines is 1. The lowest BCUT2D eigenvalue weighted by atomic mass is 10.2. The molecule has 0 unspecified atom stereocenters. The first-order chi connectivity index (χ1) is 10.9. The fraction of sp³-hybridized carbons (Fsp3) is 0.0625. The number of nitro benzene ring substituents is 1. The Bertz CT molecular complexity index is 804. The summed E-state index contributed by atoms with van der Waals surface area (Å²) in [5.74, 6) is -0.483. The Balaban J connectivity index is 2.15. The van der Waals surface area contributed by atoms with Gasteiger partial charge in [0.15, 0.2) is 0 Å². The highest BCUT2D eigenvalue weighted by Gasteiger charge is 2.14. The van der Waals surface area contributed by atoms with Gasteiger partial charge < -0.3 is 5.32 Å². The Morgan fingerprint density at radius 3 is 2.57 bits per heavy atom. The van der Waals surface area contributed by atoms with E-state index in [2.05, 4.69) is 5.32 Å². The standard InChI is InChI=1S/C16H12Cl2N2O3/c1-10-2-6-14(15(8-10)20(22)23)19-16(21)7-4-11-3-5-12(17)13(18)9-11/h2-9H,1H3,(H,19,21). The molecule has 5 nitrogen and oxygen atoms in total. The molecule has 0 fully saturated rings. The van der Waals surface area contributed by atoms with E-state index in [1.807, 2.05) is 0 Å². The van der Waals surface area contributed by atoms with Gasteiger partial charge in [0.1, 0.15) is 5.69 Å². The molecule has 0 spiro atoms. The summed E-state index contributed by atoms with van der Waals surface area (Å²) in [6.45, 7) is 1.74. The molecule has 23 heavy (non-hydrogen) atoms. The van der Waals surface area contributed by atoms with E-state index < -0.39 is 10.8 Å². The average Bonchev–Trinajstić information content (AvgIpc) is 2.50. The van der Waals surface area contributed by atoms with Crippen molar-refractivity contribution in [3.63, 3.8) is 0 Å². The molecule has 0 saturated heterocycles. The predicted octanol–water partition coefficient (Wildman–Crippen LogP) is 4.86. The van der Waals surface area contributed by atoms with Gasteiger partial charge in [0.05, 0.1) is 15.0 Å². The predicted molar refractivity (Wildman–Crippen MR) is 92.0 cm³/mol. The fourth-order valence-corrected chi connectivity index (χ4v) is 2.17. The number of rotatable bonds is 4. The first kappa shape index (κ1) is 17.0. The summed E-state index contributed by atoms with van der Waals surface area (Å²) in [6, 6.07) is 9.52. The molecule has 7 heteroatoms. The Labute approximate surface area is 142 Å². The molecule has 0 aliphatic carbocycles. The number of amides is 1. The number of carbonyl (C=O) groups is 1. The quantitative estimate of drug-likeness (QED) is 0.486. The lowest BCUT2D eigenvalue weighted by molar-refractivity contribution is -0.384. The average molecular weight is 351 g/mol. The van der Waals surface area contributed by atoms with Crippen LogP contribution in [0.2, 0.25) is 10.0 Å². The molecule has 2 aromatic rings. The van der Waals surface area contributed by atoms with E-state index >= 15 is 0 Å². The number of benzene rings is 2. The minimum Gasteiger partial charge on any atom is -0.317 e. The number of carbonyl (C=O) groups excluding carboxylic acids is 1. The molecular formula is C16H12Cl2N2O3. The van der Waals surface area contributed by atoms with Gasteiger partial charge in [-0.1, -0.05) is 35.3 Å². The third-order valence-electron chi connectivity index (χ3n) is 2.98. The van der Waals surface area contributed by atoms with Crippen molar-refractivity contribution < 1.29 is 9.72 Å². The van der Waals surface area contributed by atoms with E-state index in [1.165, 1.54) is 24.3 Å². The van der Waals surface area contributed by atoms with Gasteiger partial charge in [-0.15, -0.1) is 0 Å². The summed E-state index contributed by atoms with van der Waals surface area (Å²) in [4.78, 5) is 22.4. The summed E-state index contributed by atoms with van der Waals surface area (Å²) in [5, 5.41) is 14.3. The second-order valence-electron chi connectivity index (χ2n) is 4.77. The van der Waals surface area contributed by atoms with E-state index in [1.54, 1.807) is 31.2 Å². The first-order valence-corrected chi connectivity index (χ1v) is 7.31.